The highest BCUT2D eigenvalue weighted by Crippen LogP contribution is 2.25. The van der Waals surface area contributed by atoms with Gasteiger partial charge in [0, 0.05) is 31.3 Å². The summed E-state index contributed by atoms with van der Waals surface area (Å²) in [6, 6.07) is 6.78. The minimum Gasteiger partial charge on any atom is -0.481 e. The number of rotatable bonds is 3. The summed E-state index contributed by atoms with van der Waals surface area (Å²) in [4.78, 5) is 35.3. The van der Waals surface area contributed by atoms with Gasteiger partial charge in [-0.25, -0.2) is 0 Å². The van der Waals surface area contributed by atoms with Gasteiger partial charge in [-0.05, 0) is 30.7 Å². The van der Waals surface area contributed by atoms with Crippen LogP contribution in [0, 0.1) is 5.92 Å². The lowest BCUT2D eigenvalue weighted by Gasteiger charge is -2.30. The van der Waals surface area contributed by atoms with E-state index in [9.17, 15) is 14.4 Å². The van der Waals surface area contributed by atoms with Crippen molar-refractivity contribution in [1.29, 1.82) is 0 Å². The topological polar surface area (TPSA) is 86.7 Å². The molecule has 6 heteroatoms. The van der Waals surface area contributed by atoms with Crippen molar-refractivity contribution >= 4 is 29.2 Å². The number of carboxylic acids is 1. The van der Waals surface area contributed by atoms with Crippen molar-refractivity contribution in [2.75, 3.05) is 16.8 Å². The predicted molar refractivity (Wildman–Crippen MR) is 73.5 cm³/mol. The molecule has 2 amide bonds. The fourth-order valence-electron chi connectivity index (χ4n) is 2.23. The molecule has 106 valence electrons. The van der Waals surface area contributed by atoms with Crippen molar-refractivity contribution in [3.05, 3.63) is 24.3 Å². The normalized spacial score (nSPS) is 18.8. The molecule has 1 heterocycles. The Balaban J connectivity index is 2.14. The van der Waals surface area contributed by atoms with E-state index in [0.717, 1.165) is 0 Å². The SMILES string of the molecule is CC(=O)Nc1ccc(N2CC(C(=O)O)CCC2=O)cc1. The fraction of sp³-hybridized carbons (Fsp3) is 0.357. The van der Waals surface area contributed by atoms with E-state index in [0.29, 0.717) is 17.8 Å². The first kappa shape index (κ1) is 14.0. The van der Waals surface area contributed by atoms with E-state index in [1.54, 1.807) is 24.3 Å². The van der Waals surface area contributed by atoms with E-state index in [4.69, 9.17) is 5.11 Å². The zero-order valence-corrected chi connectivity index (χ0v) is 11.1. The van der Waals surface area contributed by atoms with Gasteiger partial charge in [0.05, 0.1) is 5.92 Å². The van der Waals surface area contributed by atoms with Crippen molar-refractivity contribution in [1.82, 2.24) is 0 Å². The number of benzene rings is 1. The van der Waals surface area contributed by atoms with Gasteiger partial charge in [-0.1, -0.05) is 0 Å². The molecule has 1 saturated heterocycles. The number of anilines is 2. The Labute approximate surface area is 116 Å². The number of carbonyl (C=O) groups excluding carboxylic acids is 2. The largest absolute Gasteiger partial charge is 0.481 e. The maximum Gasteiger partial charge on any atom is 0.308 e. The minimum atomic E-state index is -0.877. The number of hydrogen-bond donors (Lipinski definition) is 2. The van der Waals surface area contributed by atoms with Crippen LogP contribution in [-0.4, -0.2) is 29.4 Å². The Morgan fingerprint density at radius 2 is 1.95 bits per heavy atom. The summed E-state index contributed by atoms with van der Waals surface area (Å²) < 4.78 is 0. The molecule has 0 radical (unpaired) electrons. The molecule has 0 bridgehead atoms. The van der Waals surface area contributed by atoms with Crippen LogP contribution < -0.4 is 10.2 Å². The molecule has 6 nitrogen and oxygen atoms in total. The van der Waals surface area contributed by atoms with E-state index in [1.807, 2.05) is 0 Å². The molecule has 0 aromatic heterocycles. The Bertz CT molecular complexity index is 539. The highest BCUT2D eigenvalue weighted by Gasteiger charge is 2.30. The van der Waals surface area contributed by atoms with Gasteiger partial charge >= 0.3 is 5.97 Å². The minimum absolute atomic E-state index is 0.0743. The van der Waals surface area contributed by atoms with Crippen LogP contribution in [0.15, 0.2) is 24.3 Å². The zero-order chi connectivity index (χ0) is 14.7. The molecule has 2 rings (SSSR count). The van der Waals surface area contributed by atoms with E-state index in [1.165, 1.54) is 11.8 Å². The average molecular weight is 276 g/mol. The van der Waals surface area contributed by atoms with Gasteiger partial charge in [0.2, 0.25) is 11.8 Å². The van der Waals surface area contributed by atoms with Crippen LogP contribution in [0.1, 0.15) is 19.8 Å². The van der Waals surface area contributed by atoms with Gasteiger partial charge < -0.3 is 15.3 Å². The number of nitrogens with one attached hydrogen (secondary N) is 1. The van der Waals surface area contributed by atoms with Crippen molar-refractivity contribution < 1.29 is 19.5 Å². The molecular weight excluding hydrogens is 260 g/mol. The number of amides is 2. The van der Waals surface area contributed by atoms with Gasteiger partial charge in [0.1, 0.15) is 0 Å². The smallest absolute Gasteiger partial charge is 0.308 e. The van der Waals surface area contributed by atoms with E-state index >= 15 is 0 Å². The summed E-state index contributed by atoms with van der Waals surface area (Å²) in [7, 11) is 0. The first-order valence-corrected chi connectivity index (χ1v) is 6.38. The first-order chi connectivity index (χ1) is 9.47. The number of piperidine rings is 1. The van der Waals surface area contributed by atoms with E-state index < -0.39 is 11.9 Å². The van der Waals surface area contributed by atoms with E-state index in [2.05, 4.69) is 5.32 Å². The maximum atomic E-state index is 11.9. The second kappa shape index (κ2) is 5.73. The molecule has 1 fully saturated rings. The Hall–Kier alpha value is -2.37. The zero-order valence-electron chi connectivity index (χ0n) is 11.1. The number of nitrogens with zero attached hydrogens (tertiary/aromatic N) is 1. The summed E-state index contributed by atoms with van der Waals surface area (Å²) >= 11 is 0. The molecule has 1 aliphatic rings. The third-order valence-electron chi connectivity index (χ3n) is 3.26. The predicted octanol–water partition coefficient (Wildman–Crippen LogP) is 1.47. The highest BCUT2D eigenvalue weighted by molar-refractivity contribution is 5.96. The maximum absolute atomic E-state index is 11.9. The molecule has 1 atom stereocenters. The molecule has 2 N–H and O–H groups in total. The van der Waals surface area contributed by atoms with Crippen molar-refractivity contribution in [3.8, 4) is 0 Å². The molecule has 0 spiro atoms. The molecule has 1 unspecified atom stereocenters. The third kappa shape index (κ3) is 3.14. The summed E-state index contributed by atoms with van der Waals surface area (Å²) in [6.45, 7) is 1.60. The number of carbonyl (C=O) groups is 3. The van der Waals surface area contributed by atoms with Crippen LogP contribution in [-0.2, 0) is 14.4 Å². The van der Waals surface area contributed by atoms with Crippen LogP contribution in [0.3, 0.4) is 0 Å². The van der Waals surface area contributed by atoms with Gasteiger partial charge in [-0.3, -0.25) is 14.4 Å². The lowest BCUT2D eigenvalue weighted by molar-refractivity contribution is -0.142. The molecule has 20 heavy (non-hydrogen) atoms. The fourth-order valence-corrected chi connectivity index (χ4v) is 2.23. The number of hydrogen-bond acceptors (Lipinski definition) is 3. The quantitative estimate of drug-likeness (QED) is 0.875. The average Bonchev–Trinajstić information content (AvgIpc) is 2.39. The summed E-state index contributed by atoms with van der Waals surface area (Å²) in [5, 5.41) is 11.7. The van der Waals surface area contributed by atoms with Crippen LogP contribution in [0.5, 0.6) is 0 Å². The monoisotopic (exact) mass is 276 g/mol. The Morgan fingerprint density at radius 1 is 1.30 bits per heavy atom. The molecule has 0 aliphatic carbocycles. The number of carboxylic acid groups (broad SMARTS) is 1. The summed E-state index contributed by atoms with van der Waals surface area (Å²) in [5.41, 5.74) is 1.29. The van der Waals surface area contributed by atoms with Gasteiger partial charge in [0.25, 0.3) is 0 Å². The third-order valence-corrected chi connectivity index (χ3v) is 3.26. The molecule has 1 aromatic rings. The van der Waals surface area contributed by atoms with Gasteiger partial charge in [0.15, 0.2) is 0 Å². The number of aliphatic carboxylic acids is 1. The Morgan fingerprint density at radius 3 is 2.50 bits per heavy atom. The highest BCUT2D eigenvalue weighted by atomic mass is 16.4. The van der Waals surface area contributed by atoms with Crippen LogP contribution in [0.2, 0.25) is 0 Å². The standard InChI is InChI=1S/C14H16N2O4/c1-9(17)15-11-3-5-12(6-4-11)16-8-10(14(19)20)2-7-13(16)18/h3-6,10H,2,7-8H2,1H3,(H,15,17)(H,19,20). The second-order valence-electron chi connectivity index (χ2n) is 4.81. The van der Waals surface area contributed by atoms with Crippen LogP contribution in [0.4, 0.5) is 11.4 Å². The Kier molecular flexibility index (Phi) is 4.02. The molecule has 0 saturated carbocycles. The van der Waals surface area contributed by atoms with Crippen molar-refractivity contribution in [2.24, 2.45) is 5.92 Å². The molecule has 1 aromatic carbocycles. The van der Waals surface area contributed by atoms with Crippen molar-refractivity contribution in [2.45, 2.75) is 19.8 Å². The van der Waals surface area contributed by atoms with Gasteiger partial charge in [-0.2, -0.15) is 0 Å². The van der Waals surface area contributed by atoms with Gasteiger partial charge in [-0.15, -0.1) is 0 Å². The molecular formula is C14H16N2O4. The lowest BCUT2D eigenvalue weighted by Crippen LogP contribution is -2.42. The molecule has 1 aliphatic heterocycles. The van der Waals surface area contributed by atoms with E-state index in [-0.39, 0.29) is 24.8 Å². The van der Waals surface area contributed by atoms with Crippen LogP contribution in [0.25, 0.3) is 0 Å². The lowest BCUT2D eigenvalue weighted by atomic mass is 9.97. The summed E-state index contributed by atoms with van der Waals surface area (Å²) in [6.07, 6.45) is 0.624. The first-order valence-electron chi connectivity index (χ1n) is 6.38. The summed E-state index contributed by atoms with van der Waals surface area (Å²) in [5.74, 6) is -1.65. The van der Waals surface area contributed by atoms with Crippen LogP contribution >= 0.6 is 0 Å². The second-order valence-corrected chi connectivity index (χ2v) is 4.81. The van der Waals surface area contributed by atoms with Crippen molar-refractivity contribution in [3.63, 3.8) is 0 Å².